The van der Waals surface area contributed by atoms with Gasteiger partial charge in [0.2, 0.25) is 0 Å². The Morgan fingerprint density at radius 3 is 2.55 bits per heavy atom. The Bertz CT molecular complexity index is 582. The molecular formula is C16H17NO3. The average Bonchev–Trinajstić information content (AvgIpc) is 2.48. The van der Waals surface area contributed by atoms with Gasteiger partial charge in [-0.3, -0.25) is 0 Å². The highest BCUT2D eigenvalue weighted by Crippen LogP contribution is 2.25. The molecule has 2 N–H and O–H groups in total. The second kappa shape index (κ2) is 6.61. The van der Waals surface area contributed by atoms with Gasteiger partial charge in [0.1, 0.15) is 5.75 Å². The summed E-state index contributed by atoms with van der Waals surface area (Å²) in [4.78, 5) is 12.0. The summed E-state index contributed by atoms with van der Waals surface area (Å²) in [6.45, 7) is 0.319. The lowest BCUT2D eigenvalue weighted by atomic mass is 10.1. The summed E-state index contributed by atoms with van der Waals surface area (Å²) in [5.41, 5.74) is 7.61. The van der Waals surface area contributed by atoms with Crippen molar-refractivity contribution in [2.24, 2.45) is 0 Å². The minimum Gasteiger partial charge on any atom is -0.495 e. The van der Waals surface area contributed by atoms with Crippen LogP contribution < -0.4 is 10.5 Å². The van der Waals surface area contributed by atoms with Gasteiger partial charge in [-0.15, -0.1) is 0 Å². The van der Waals surface area contributed by atoms with Gasteiger partial charge in [0, 0.05) is 6.42 Å². The highest BCUT2D eigenvalue weighted by molar-refractivity contribution is 5.96. The maximum absolute atomic E-state index is 12.0. The quantitative estimate of drug-likeness (QED) is 0.671. The lowest BCUT2D eigenvalue weighted by molar-refractivity contribution is 0.0510. The molecule has 0 saturated carbocycles. The molecule has 0 unspecified atom stereocenters. The van der Waals surface area contributed by atoms with Crippen molar-refractivity contribution < 1.29 is 14.3 Å². The number of carbonyl (C=O) groups is 1. The average molecular weight is 271 g/mol. The molecule has 2 aromatic rings. The number of nitrogen functional groups attached to an aromatic ring is 1. The van der Waals surface area contributed by atoms with Crippen molar-refractivity contribution in [3.8, 4) is 5.75 Å². The molecule has 0 saturated heterocycles. The number of benzene rings is 2. The number of nitrogens with two attached hydrogens (primary N) is 1. The topological polar surface area (TPSA) is 61.5 Å². The van der Waals surface area contributed by atoms with Gasteiger partial charge in [-0.1, -0.05) is 36.4 Å². The molecule has 0 radical (unpaired) electrons. The highest BCUT2D eigenvalue weighted by atomic mass is 16.5. The summed E-state index contributed by atoms with van der Waals surface area (Å²) < 4.78 is 10.3. The molecular weight excluding hydrogens is 254 g/mol. The Kier molecular flexibility index (Phi) is 4.60. The Labute approximate surface area is 118 Å². The molecule has 0 spiro atoms. The minimum absolute atomic E-state index is 0.305. The molecule has 2 aromatic carbocycles. The molecule has 4 nitrogen and oxygen atoms in total. The summed E-state index contributed by atoms with van der Waals surface area (Å²) in [6, 6.07) is 14.9. The number of ether oxygens (including phenoxy) is 2. The fourth-order valence-electron chi connectivity index (χ4n) is 1.88. The van der Waals surface area contributed by atoms with Crippen molar-refractivity contribution >= 4 is 11.7 Å². The van der Waals surface area contributed by atoms with E-state index >= 15 is 0 Å². The van der Waals surface area contributed by atoms with Crippen molar-refractivity contribution in [3.63, 3.8) is 0 Å². The van der Waals surface area contributed by atoms with Crippen LogP contribution in [-0.2, 0) is 11.2 Å². The number of hydrogen-bond acceptors (Lipinski definition) is 4. The molecule has 0 atom stereocenters. The standard InChI is InChI=1S/C16H17NO3/c1-19-14-9-5-8-13(15(14)17)16(18)20-11-10-12-6-3-2-4-7-12/h2-9H,10-11,17H2,1H3. The summed E-state index contributed by atoms with van der Waals surface area (Å²) in [5, 5.41) is 0. The van der Waals surface area contributed by atoms with Gasteiger partial charge in [0.15, 0.2) is 0 Å². The third-order valence-corrected chi connectivity index (χ3v) is 2.97. The van der Waals surface area contributed by atoms with Gasteiger partial charge >= 0.3 is 5.97 Å². The molecule has 2 rings (SSSR count). The van der Waals surface area contributed by atoms with Crippen LogP contribution in [0.2, 0.25) is 0 Å². The molecule has 0 aliphatic rings. The molecule has 0 aromatic heterocycles. The predicted molar refractivity (Wildman–Crippen MR) is 77.8 cm³/mol. The third-order valence-electron chi connectivity index (χ3n) is 2.97. The fourth-order valence-corrected chi connectivity index (χ4v) is 1.88. The van der Waals surface area contributed by atoms with Crippen LogP contribution in [0, 0.1) is 0 Å². The van der Waals surface area contributed by atoms with Crippen LogP contribution in [0.3, 0.4) is 0 Å². The van der Waals surface area contributed by atoms with Crippen LogP contribution in [0.25, 0.3) is 0 Å². The third kappa shape index (κ3) is 3.29. The van der Waals surface area contributed by atoms with Crippen LogP contribution in [0.4, 0.5) is 5.69 Å². The molecule has 0 heterocycles. The summed E-state index contributed by atoms with van der Waals surface area (Å²) >= 11 is 0. The van der Waals surface area contributed by atoms with E-state index in [9.17, 15) is 4.79 Å². The largest absolute Gasteiger partial charge is 0.495 e. The van der Waals surface area contributed by atoms with Crippen molar-refractivity contribution in [2.45, 2.75) is 6.42 Å². The molecule has 0 aliphatic heterocycles. The second-order valence-corrected chi connectivity index (χ2v) is 4.29. The van der Waals surface area contributed by atoms with E-state index in [1.54, 1.807) is 18.2 Å². The monoisotopic (exact) mass is 271 g/mol. The first kappa shape index (κ1) is 13.9. The van der Waals surface area contributed by atoms with Gasteiger partial charge in [0.25, 0.3) is 0 Å². The first-order valence-corrected chi connectivity index (χ1v) is 6.36. The van der Waals surface area contributed by atoms with Crippen molar-refractivity contribution in [2.75, 3.05) is 19.5 Å². The van der Waals surface area contributed by atoms with E-state index < -0.39 is 5.97 Å². The van der Waals surface area contributed by atoms with Gasteiger partial charge < -0.3 is 15.2 Å². The number of rotatable bonds is 5. The summed E-state index contributed by atoms with van der Waals surface area (Å²) in [7, 11) is 1.51. The fraction of sp³-hybridized carbons (Fsp3) is 0.188. The van der Waals surface area contributed by atoms with Crippen LogP contribution in [-0.4, -0.2) is 19.7 Å². The summed E-state index contributed by atoms with van der Waals surface area (Å²) in [5.74, 6) is 0.0415. The first-order valence-electron chi connectivity index (χ1n) is 6.36. The van der Waals surface area contributed by atoms with Crippen molar-refractivity contribution in [1.82, 2.24) is 0 Å². The van der Waals surface area contributed by atoms with Crippen LogP contribution >= 0.6 is 0 Å². The molecule has 0 fully saturated rings. The maximum Gasteiger partial charge on any atom is 0.340 e. The number of esters is 1. The van der Waals surface area contributed by atoms with Gasteiger partial charge in [0.05, 0.1) is 25.0 Å². The highest BCUT2D eigenvalue weighted by Gasteiger charge is 2.14. The molecule has 0 amide bonds. The number of carbonyl (C=O) groups excluding carboxylic acids is 1. The Morgan fingerprint density at radius 1 is 1.10 bits per heavy atom. The summed E-state index contributed by atoms with van der Waals surface area (Å²) in [6.07, 6.45) is 0.677. The maximum atomic E-state index is 12.0. The van der Waals surface area contributed by atoms with Crippen molar-refractivity contribution in [3.05, 3.63) is 59.7 Å². The van der Waals surface area contributed by atoms with Gasteiger partial charge in [-0.05, 0) is 17.7 Å². The van der Waals surface area contributed by atoms with E-state index in [1.165, 1.54) is 7.11 Å². The first-order chi connectivity index (χ1) is 9.72. The SMILES string of the molecule is COc1cccc(C(=O)OCCc2ccccc2)c1N. The van der Waals surface area contributed by atoms with Crippen molar-refractivity contribution in [1.29, 1.82) is 0 Å². The molecule has 104 valence electrons. The second-order valence-electron chi connectivity index (χ2n) is 4.29. The molecule has 4 heteroatoms. The predicted octanol–water partition coefficient (Wildman–Crippen LogP) is 2.68. The van der Waals surface area contributed by atoms with E-state index in [4.69, 9.17) is 15.2 Å². The molecule has 0 bridgehead atoms. The normalized spacial score (nSPS) is 10.1. The van der Waals surface area contributed by atoms with Crippen LogP contribution in [0.1, 0.15) is 15.9 Å². The number of methoxy groups -OCH3 is 1. The van der Waals surface area contributed by atoms with Gasteiger partial charge in [-0.25, -0.2) is 4.79 Å². The van der Waals surface area contributed by atoms with Gasteiger partial charge in [-0.2, -0.15) is 0 Å². The zero-order valence-corrected chi connectivity index (χ0v) is 11.3. The van der Waals surface area contributed by atoms with E-state index in [1.807, 2.05) is 30.3 Å². The molecule has 0 aliphatic carbocycles. The Hall–Kier alpha value is -2.49. The zero-order valence-electron chi connectivity index (χ0n) is 11.3. The van der Waals surface area contributed by atoms with Crippen LogP contribution in [0.15, 0.2) is 48.5 Å². The minimum atomic E-state index is -0.433. The molecule has 20 heavy (non-hydrogen) atoms. The lowest BCUT2D eigenvalue weighted by Crippen LogP contribution is -2.11. The van der Waals surface area contributed by atoms with E-state index in [-0.39, 0.29) is 0 Å². The lowest BCUT2D eigenvalue weighted by Gasteiger charge is -2.10. The van der Waals surface area contributed by atoms with E-state index in [0.717, 1.165) is 5.56 Å². The number of hydrogen-bond donors (Lipinski definition) is 1. The van der Waals surface area contributed by atoms with E-state index in [0.29, 0.717) is 30.0 Å². The Morgan fingerprint density at radius 2 is 1.85 bits per heavy atom. The Balaban J connectivity index is 1.95. The van der Waals surface area contributed by atoms with Crippen LogP contribution in [0.5, 0.6) is 5.75 Å². The zero-order chi connectivity index (χ0) is 14.4. The van der Waals surface area contributed by atoms with E-state index in [2.05, 4.69) is 0 Å². The smallest absolute Gasteiger partial charge is 0.340 e. The number of anilines is 1. The number of para-hydroxylation sites is 1.